The summed E-state index contributed by atoms with van der Waals surface area (Å²) in [5, 5.41) is 4.36. The lowest BCUT2D eigenvalue weighted by atomic mass is 9.97. The predicted molar refractivity (Wildman–Crippen MR) is 213 cm³/mol. The van der Waals surface area contributed by atoms with Crippen molar-refractivity contribution in [3.05, 3.63) is 175 Å². The lowest BCUT2D eigenvalue weighted by Crippen LogP contribution is -2.05. The minimum absolute atomic E-state index is 0.518. The fourth-order valence-electron chi connectivity index (χ4n) is 7.62. The predicted octanol–water partition coefficient (Wildman–Crippen LogP) is 11.0. The molecule has 0 radical (unpaired) electrons. The maximum atomic E-state index is 6.69. The first-order valence-corrected chi connectivity index (χ1v) is 17.3. The van der Waals surface area contributed by atoms with Crippen LogP contribution >= 0.6 is 0 Å². The molecular weight excluding hydrogens is 635 g/mol. The van der Waals surface area contributed by atoms with Crippen LogP contribution in [0, 0.1) is 12.3 Å². The highest BCUT2D eigenvalue weighted by molar-refractivity contribution is 6.18. The molecule has 5 heteroatoms. The molecule has 0 fully saturated rings. The van der Waals surface area contributed by atoms with Crippen molar-refractivity contribution >= 4 is 43.6 Å². The van der Waals surface area contributed by atoms with E-state index in [4.69, 9.17) is 21.4 Å². The van der Waals surface area contributed by atoms with Crippen LogP contribution in [-0.2, 0) is 0 Å². The van der Waals surface area contributed by atoms with Crippen molar-refractivity contribution in [3.63, 3.8) is 0 Å². The Morgan fingerprint density at radius 3 is 1.40 bits per heavy atom. The first-order valence-electron chi connectivity index (χ1n) is 17.3. The largest absolute Gasteiger partial charge is 0.309 e. The van der Waals surface area contributed by atoms with Crippen molar-refractivity contribution < 1.29 is 0 Å². The molecule has 0 spiro atoms. The topological polar surface area (TPSA) is 48.5 Å². The van der Waals surface area contributed by atoms with Gasteiger partial charge in [0, 0.05) is 43.9 Å². The van der Waals surface area contributed by atoms with E-state index in [1.165, 1.54) is 0 Å². The Bertz CT molecular complexity index is 2890. The van der Waals surface area contributed by atoms with Crippen molar-refractivity contribution in [3.8, 4) is 57.9 Å². The molecule has 0 atom stereocenters. The van der Waals surface area contributed by atoms with E-state index >= 15 is 0 Å². The maximum Gasteiger partial charge on any atom is 0.166 e. The Balaban J connectivity index is 1.42. The van der Waals surface area contributed by atoms with Gasteiger partial charge in [0.25, 0.3) is 0 Å². The van der Waals surface area contributed by atoms with E-state index in [9.17, 15) is 0 Å². The van der Waals surface area contributed by atoms with Crippen molar-refractivity contribution in [2.24, 2.45) is 0 Å². The van der Waals surface area contributed by atoms with Crippen LogP contribution in [0.4, 0.5) is 0 Å². The average Bonchev–Trinajstić information content (AvgIpc) is 3.73. The normalized spacial score (nSPS) is 11.4. The highest BCUT2D eigenvalue weighted by Gasteiger charge is 2.26. The van der Waals surface area contributed by atoms with Crippen LogP contribution < -0.4 is 0 Å². The van der Waals surface area contributed by atoms with Gasteiger partial charge in [0.1, 0.15) is 0 Å². The SMILES string of the molecule is C#Cc1c(-n2c3ccccc3c3ccccc32)cc2c(c1-c1nc(-c3ccccc3)nc(-c3ccccc3)n1)c1ccccc1n2-c1ccccc1. The second-order valence-corrected chi connectivity index (χ2v) is 12.8. The van der Waals surface area contributed by atoms with Gasteiger partial charge in [-0.05, 0) is 36.4 Å². The lowest BCUT2D eigenvalue weighted by Gasteiger charge is -2.17. The number of hydrogen-bond donors (Lipinski definition) is 0. The van der Waals surface area contributed by atoms with E-state index in [1.54, 1.807) is 0 Å². The van der Waals surface area contributed by atoms with Gasteiger partial charge in [0.05, 0.1) is 33.3 Å². The summed E-state index contributed by atoms with van der Waals surface area (Å²) in [6.07, 6.45) is 6.69. The molecule has 10 aromatic rings. The molecule has 0 saturated heterocycles. The van der Waals surface area contributed by atoms with E-state index in [0.717, 1.165) is 71.7 Å². The Kier molecular flexibility index (Phi) is 6.80. The molecule has 0 aliphatic heterocycles. The zero-order chi connectivity index (χ0) is 34.6. The summed E-state index contributed by atoms with van der Waals surface area (Å²) in [6, 6.07) is 58.4. The lowest BCUT2D eigenvalue weighted by molar-refractivity contribution is 1.07. The van der Waals surface area contributed by atoms with Crippen LogP contribution in [0.1, 0.15) is 5.56 Å². The molecule has 0 amide bonds. The Hall–Kier alpha value is -7.29. The molecule has 0 unspecified atom stereocenters. The molecule has 0 N–H and O–H groups in total. The minimum atomic E-state index is 0.518. The summed E-state index contributed by atoms with van der Waals surface area (Å²) in [6.45, 7) is 0. The third kappa shape index (κ3) is 4.56. The van der Waals surface area contributed by atoms with Crippen LogP contribution in [0.25, 0.3) is 89.2 Å². The van der Waals surface area contributed by atoms with Gasteiger partial charge in [-0.3, -0.25) is 0 Å². The smallest absolute Gasteiger partial charge is 0.166 e. The molecule has 5 nitrogen and oxygen atoms in total. The van der Waals surface area contributed by atoms with Crippen molar-refractivity contribution in [2.45, 2.75) is 0 Å². The van der Waals surface area contributed by atoms with Crippen LogP contribution in [0.15, 0.2) is 170 Å². The van der Waals surface area contributed by atoms with Gasteiger partial charge in [-0.2, -0.15) is 0 Å². The minimum Gasteiger partial charge on any atom is -0.309 e. The third-order valence-corrected chi connectivity index (χ3v) is 9.84. The van der Waals surface area contributed by atoms with Gasteiger partial charge in [-0.1, -0.05) is 139 Å². The number of hydrogen-bond acceptors (Lipinski definition) is 3. The molecule has 0 aliphatic rings. The zero-order valence-electron chi connectivity index (χ0n) is 28.0. The third-order valence-electron chi connectivity index (χ3n) is 9.84. The molecule has 3 heterocycles. The average molecular weight is 664 g/mol. The van der Waals surface area contributed by atoms with E-state index in [2.05, 4.69) is 118 Å². The van der Waals surface area contributed by atoms with Crippen LogP contribution in [0.5, 0.6) is 0 Å². The number of para-hydroxylation sites is 4. The highest BCUT2D eigenvalue weighted by Crippen LogP contribution is 2.44. The molecule has 10 rings (SSSR count). The Morgan fingerprint density at radius 2 is 0.865 bits per heavy atom. The quantitative estimate of drug-likeness (QED) is 0.172. The number of rotatable bonds is 5. The van der Waals surface area contributed by atoms with E-state index in [-0.39, 0.29) is 0 Å². The van der Waals surface area contributed by atoms with Gasteiger partial charge in [-0.15, -0.1) is 6.42 Å². The summed E-state index contributed by atoms with van der Waals surface area (Å²) < 4.78 is 4.62. The fourth-order valence-corrected chi connectivity index (χ4v) is 7.62. The van der Waals surface area contributed by atoms with Gasteiger partial charge in [-0.25, -0.2) is 15.0 Å². The number of nitrogens with zero attached hydrogens (tertiary/aromatic N) is 5. The summed E-state index contributed by atoms with van der Waals surface area (Å²) in [5.74, 6) is 4.85. The fraction of sp³-hybridized carbons (Fsp3) is 0. The van der Waals surface area contributed by atoms with Gasteiger partial charge in [0.15, 0.2) is 17.5 Å². The Labute approximate surface area is 300 Å². The number of aromatic nitrogens is 5. The van der Waals surface area contributed by atoms with Gasteiger partial charge >= 0.3 is 0 Å². The molecule has 242 valence electrons. The maximum absolute atomic E-state index is 6.69. The van der Waals surface area contributed by atoms with E-state index < -0.39 is 0 Å². The second-order valence-electron chi connectivity index (χ2n) is 12.8. The first kappa shape index (κ1) is 29.6. The number of terminal acetylenes is 1. The monoisotopic (exact) mass is 663 g/mol. The first-order chi connectivity index (χ1) is 25.8. The summed E-state index contributed by atoms with van der Waals surface area (Å²) in [7, 11) is 0. The molecule has 3 aromatic heterocycles. The standard InChI is InChI=1S/C47H29N5/c1-2-34-41(52-38-27-15-12-24-35(38)36-25-13-16-28-39(36)52)30-42-43(37-26-14-17-29-40(37)51(42)33-22-10-5-11-23-33)44(34)47-49-45(31-18-6-3-7-19-31)48-46(50-47)32-20-8-4-9-21-32/h1,3-30H. The van der Waals surface area contributed by atoms with E-state index in [1.807, 2.05) is 66.7 Å². The Morgan fingerprint density at radius 1 is 0.423 bits per heavy atom. The van der Waals surface area contributed by atoms with Crippen molar-refractivity contribution in [2.75, 3.05) is 0 Å². The molecular formula is C47H29N5. The summed E-state index contributed by atoms with van der Waals surface area (Å²) in [5.41, 5.74) is 9.42. The number of benzene rings is 7. The molecule has 52 heavy (non-hydrogen) atoms. The van der Waals surface area contributed by atoms with Gasteiger partial charge < -0.3 is 9.13 Å². The molecule has 7 aromatic carbocycles. The van der Waals surface area contributed by atoms with Crippen LogP contribution in [0.3, 0.4) is 0 Å². The number of fused-ring (bicyclic) bond motifs is 6. The molecule has 0 bridgehead atoms. The molecule has 0 aliphatic carbocycles. The highest BCUT2D eigenvalue weighted by atomic mass is 15.0. The second kappa shape index (κ2) is 11.9. The van der Waals surface area contributed by atoms with Crippen molar-refractivity contribution in [1.82, 2.24) is 24.1 Å². The van der Waals surface area contributed by atoms with E-state index in [0.29, 0.717) is 23.0 Å². The van der Waals surface area contributed by atoms with Gasteiger partial charge in [0.2, 0.25) is 0 Å². The zero-order valence-corrected chi connectivity index (χ0v) is 28.0. The summed E-state index contributed by atoms with van der Waals surface area (Å²) in [4.78, 5) is 15.5. The molecule has 0 saturated carbocycles. The van der Waals surface area contributed by atoms with Crippen LogP contribution in [0.2, 0.25) is 0 Å². The van der Waals surface area contributed by atoms with Crippen LogP contribution in [-0.4, -0.2) is 24.1 Å². The van der Waals surface area contributed by atoms with Crippen molar-refractivity contribution in [1.29, 1.82) is 0 Å². The summed E-state index contributed by atoms with van der Waals surface area (Å²) >= 11 is 0.